The molecule has 0 aliphatic heterocycles. The molecule has 2 aromatic heterocycles. The number of hydrogen-bond donors (Lipinski definition) is 0. The fourth-order valence-corrected chi connectivity index (χ4v) is 4.03. The molecule has 35 heavy (non-hydrogen) atoms. The first-order chi connectivity index (χ1) is 16.7. The second kappa shape index (κ2) is 10.3. The molecule has 6 nitrogen and oxygen atoms in total. The summed E-state index contributed by atoms with van der Waals surface area (Å²) in [6.07, 6.45) is 5.02. The Morgan fingerprint density at radius 2 is 1.66 bits per heavy atom. The SMILES string of the molecule is CN(CC(c1ccc(Cl)cc1)n1ncc(-c2ccncc2)c1-c1ccccc1)C(=O)OC(C)(C)C. The number of rotatable bonds is 6. The molecule has 1 unspecified atom stereocenters. The molecule has 0 spiro atoms. The van der Waals surface area contributed by atoms with Crippen LogP contribution in [0, 0.1) is 0 Å². The van der Waals surface area contributed by atoms with Gasteiger partial charge in [-0.25, -0.2) is 4.79 Å². The van der Waals surface area contributed by atoms with Crippen LogP contribution in [0.25, 0.3) is 22.4 Å². The molecule has 0 aliphatic rings. The van der Waals surface area contributed by atoms with Crippen molar-refractivity contribution in [2.75, 3.05) is 13.6 Å². The smallest absolute Gasteiger partial charge is 0.410 e. The van der Waals surface area contributed by atoms with E-state index in [2.05, 4.69) is 17.1 Å². The molecule has 2 heterocycles. The Balaban J connectivity index is 1.83. The van der Waals surface area contributed by atoms with Crippen LogP contribution in [0.3, 0.4) is 0 Å². The van der Waals surface area contributed by atoms with Crippen molar-refractivity contribution in [3.8, 4) is 22.4 Å². The summed E-state index contributed by atoms with van der Waals surface area (Å²) in [7, 11) is 1.74. The van der Waals surface area contributed by atoms with Crippen molar-refractivity contribution in [1.82, 2.24) is 19.7 Å². The van der Waals surface area contributed by atoms with Crippen LogP contribution >= 0.6 is 11.6 Å². The van der Waals surface area contributed by atoms with Crippen LogP contribution in [0.4, 0.5) is 4.79 Å². The van der Waals surface area contributed by atoms with E-state index < -0.39 is 5.60 Å². The predicted octanol–water partition coefficient (Wildman–Crippen LogP) is 6.72. The highest BCUT2D eigenvalue weighted by Crippen LogP contribution is 2.35. The number of halogens is 1. The Morgan fingerprint density at radius 3 is 2.29 bits per heavy atom. The lowest BCUT2D eigenvalue weighted by Crippen LogP contribution is -2.38. The first-order valence-corrected chi connectivity index (χ1v) is 11.8. The average molecular weight is 489 g/mol. The van der Waals surface area contributed by atoms with E-state index in [0.29, 0.717) is 11.6 Å². The van der Waals surface area contributed by atoms with E-state index in [0.717, 1.165) is 27.9 Å². The third-order valence-electron chi connectivity index (χ3n) is 5.54. The number of likely N-dealkylation sites (N-methyl/N-ethyl adjacent to an activating group) is 1. The molecule has 7 heteroatoms. The average Bonchev–Trinajstić information content (AvgIpc) is 3.28. The van der Waals surface area contributed by atoms with Crippen LogP contribution < -0.4 is 0 Å². The number of carbonyl (C=O) groups excluding carboxylic acids is 1. The van der Waals surface area contributed by atoms with Gasteiger partial charge in [0.2, 0.25) is 0 Å². The molecule has 1 atom stereocenters. The maximum atomic E-state index is 12.8. The molecule has 4 aromatic rings. The third kappa shape index (κ3) is 5.89. The minimum atomic E-state index is -0.587. The number of nitrogens with zero attached hydrogens (tertiary/aromatic N) is 4. The zero-order valence-corrected chi connectivity index (χ0v) is 21.1. The van der Waals surface area contributed by atoms with Crippen LogP contribution in [0.2, 0.25) is 5.02 Å². The summed E-state index contributed by atoms with van der Waals surface area (Å²) in [4.78, 5) is 18.6. The molecule has 0 saturated heterocycles. The summed E-state index contributed by atoms with van der Waals surface area (Å²) in [6.45, 7) is 5.93. The molecule has 1 amide bonds. The van der Waals surface area contributed by atoms with Gasteiger partial charge >= 0.3 is 6.09 Å². The van der Waals surface area contributed by atoms with Gasteiger partial charge in [0, 0.05) is 35.6 Å². The summed E-state index contributed by atoms with van der Waals surface area (Å²) in [5, 5.41) is 5.49. The zero-order chi connectivity index (χ0) is 25.0. The van der Waals surface area contributed by atoms with Gasteiger partial charge in [0.05, 0.1) is 24.5 Å². The molecule has 4 rings (SSSR count). The van der Waals surface area contributed by atoms with Crippen LogP contribution in [-0.2, 0) is 4.74 Å². The Hall–Kier alpha value is -3.64. The maximum Gasteiger partial charge on any atom is 0.410 e. The van der Waals surface area contributed by atoms with Crippen LogP contribution in [-0.4, -0.2) is 45.0 Å². The van der Waals surface area contributed by atoms with E-state index in [-0.39, 0.29) is 12.1 Å². The van der Waals surface area contributed by atoms with Gasteiger partial charge in [-0.15, -0.1) is 0 Å². The summed E-state index contributed by atoms with van der Waals surface area (Å²) in [5.41, 5.74) is 4.37. The van der Waals surface area contributed by atoms with E-state index in [1.165, 1.54) is 0 Å². The van der Waals surface area contributed by atoms with Crippen molar-refractivity contribution in [3.63, 3.8) is 0 Å². The number of hydrogen-bond acceptors (Lipinski definition) is 4. The Labute approximate surface area is 211 Å². The molecule has 2 aromatic carbocycles. The van der Waals surface area contributed by atoms with Crippen molar-refractivity contribution >= 4 is 17.7 Å². The zero-order valence-electron chi connectivity index (χ0n) is 20.4. The Bertz CT molecular complexity index is 1270. The van der Waals surface area contributed by atoms with Crippen LogP contribution in [0.15, 0.2) is 85.3 Å². The summed E-state index contributed by atoms with van der Waals surface area (Å²) >= 11 is 6.19. The van der Waals surface area contributed by atoms with Gasteiger partial charge in [-0.2, -0.15) is 5.10 Å². The van der Waals surface area contributed by atoms with Crippen LogP contribution in [0.5, 0.6) is 0 Å². The molecular formula is C28H29ClN4O2. The molecule has 0 N–H and O–H groups in total. The van der Waals surface area contributed by atoms with Gasteiger partial charge in [0.1, 0.15) is 5.60 Å². The Morgan fingerprint density at radius 1 is 1.00 bits per heavy atom. The molecule has 0 fully saturated rings. The lowest BCUT2D eigenvalue weighted by molar-refractivity contribution is 0.0282. The molecule has 0 aliphatic carbocycles. The second-order valence-corrected chi connectivity index (χ2v) is 9.82. The minimum Gasteiger partial charge on any atom is -0.444 e. The van der Waals surface area contributed by atoms with Gasteiger partial charge in [-0.3, -0.25) is 9.67 Å². The van der Waals surface area contributed by atoms with E-state index in [9.17, 15) is 4.79 Å². The van der Waals surface area contributed by atoms with E-state index in [1.54, 1.807) is 24.3 Å². The quantitative estimate of drug-likeness (QED) is 0.302. The highest BCUT2D eigenvalue weighted by Gasteiger charge is 2.27. The van der Waals surface area contributed by atoms with Crippen molar-refractivity contribution in [2.24, 2.45) is 0 Å². The summed E-state index contributed by atoms with van der Waals surface area (Å²) in [6, 6.07) is 21.4. The number of pyridine rings is 1. The maximum absolute atomic E-state index is 12.8. The van der Waals surface area contributed by atoms with Gasteiger partial charge in [-0.05, 0) is 56.2 Å². The summed E-state index contributed by atoms with van der Waals surface area (Å²) in [5.74, 6) is 0. The number of amides is 1. The van der Waals surface area contributed by atoms with Gasteiger partial charge in [0.25, 0.3) is 0 Å². The van der Waals surface area contributed by atoms with Crippen LogP contribution in [0.1, 0.15) is 32.4 Å². The number of aromatic nitrogens is 3. The predicted molar refractivity (Wildman–Crippen MR) is 139 cm³/mol. The van der Waals surface area contributed by atoms with E-state index >= 15 is 0 Å². The molecule has 180 valence electrons. The number of ether oxygens (including phenoxy) is 1. The monoisotopic (exact) mass is 488 g/mol. The summed E-state index contributed by atoms with van der Waals surface area (Å²) < 4.78 is 7.59. The lowest BCUT2D eigenvalue weighted by Gasteiger charge is -2.29. The second-order valence-electron chi connectivity index (χ2n) is 9.38. The lowest BCUT2D eigenvalue weighted by atomic mass is 10.0. The third-order valence-corrected chi connectivity index (χ3v) is 5.79. The minimum absolute atomic E-state index is 0.282. The van der Waals surface area contributed by atoms with Crippen molar-refractivity contribution in [3.05, 3.63) is 95.9 Å². The van der Waals surface area contributed by atoms with Gasteiger partial charge < -0.3 is 9.64 Å². The highest BCUT2D eigenvalue weighted by molar-refractivity contribution is 6.30. The highest BCUT2D eigenvalue weighted by atomic mass is 35.5. The van der Waals surface area contributed by atoms with E-state index in [1.807, 2.05) is 86.2 Å². The molecule has 0 bridgehead atoms. The number of carbonyl (C=O) groups is 1. The molecule has 0 radical (unpaired) electrons. The largest absolute Gasteiger partial charge is 0.444 e. The van der Waals surface area contributed by atoms with Crippen molar-refractivity contribution < 1.29 is 9.53 Å². The topological polar surface area (TPSA) is 60.2 Å². The van der Waals surface area contributed by atoms with Gasteiger partial charge in [-0.1, -0.05) is 54.1 Å². The first-order valence-electron chi connectivity index (χ1n) is 11.5. The number of benzene rings is 2. The fraction of sp³-hybridized carbons (Fsp3) is 0.250. The van der Waals surface area contributed by atoms with E-state index in [4.69, 9.17) is 21.4 Å². The Kier molecular flexibility index (Phi) is 7.22. The molecule has 0 saturated carbocycles. The van der Waals surface area contributed by atoms with Crippen molar-refractivity contribution in [2.45, 2.75) is 32.4 Å². The normalized spacial score (nSPS) is 12.3. The standard InChI is InChI=1S/C28H29ClN4O2/c1-28(2,3)35-27(34)32(4)19-25(21-10-12-23(29)13-11-21)33-26(22-8-6-5-7-9-22)24(18-31-33)20-14-16-30-17-15-20/h5-18,25H,19H2,1-4H3. The first kappa shape index (κ1) is 24.5. The van der Waals surface area contributed by atoms with Gasteiger partial charge in [0.15, 0.2) is 0 Å². The van der Waals surface area contributed by atoms with Crippen molar-refractivity contribution in [1.29, 1.82) is 0 Å². The fourth-order valence-electron chi connectivity index (χ4n) is 3.91. The molecular weight excluding hydrogens is 460 g/mol.